The highest BCUT2D eigenvalue weighted by atomic mass is 35.5. The Morgan fingerprint density at radius 1 is 1.07 bits per heavy atom. The molecule has 0 fully saturated rings. The topological polar surface area (TPSA) is 46.6 Å². The summed E-state index contributed by atoms with van der Waals surface area (Å²) in [7, 11) is 0. The largest absolute Gasteiger partial charge is 0.420 e. The summed E-state index contributed by atoms with van der Waals surface area (Å²) in [5, 5.41) is 2.99. The van der Waals surface area contributed by atoms with Gasteiger partial charge in [0.2, 0.25) is 0 Å². The van der Waals surface area contributed by atoms with Gasteiger partial charge in [-0.25, -0.2) is 4.79 Å². The van der Waals surface area contributed by atoms with Crippen LogP contribution in [0.3, 0.4) is 0 Å². The molecule has 28 heavy (non-hydrogen) atoms. The highest BCUT2D eigenvalue weighted by molar-refractivity contribution is 7.12. The zero-order valence-corrected chi connectivity index (χ0v) is 17.3. The number of anilines is 1. The zero-order chi connectivity index (χ0) is 19.8. The average Bonchev–Trinajstić information content (AvgIpc) is 3.20. The van der Waals surface area contributed by atoms with Crippen molar-refractivity contribution in [2.45, 2.75) is 12.5 Å². The number of thiophene rings is 1. The molecule has 3 aromatic rings. The van der Waals surface area contributed by atoms with Gasteiger partial charge in [-0.15, -0.1) is 11.3 Å². The number of hydrogen-bond acceptors (Lipinski definition) is 4. The van der Waals surface area contributed by atoms with E-state index in [1.807, 2.05) is 11.4 Å². The molecule has 0 spiro atoms. The Morgan fingerprint density at radius 2 is 1.89 bits per heavy atom. The number of rotatable bonds is 4. The van der Waals surface area contributed by atoms with E-state index in [9.17, 15) is 9.59 Å². The first-order chi connectivity index (χ1) is 13.4. The number of carbonyl (C=O) groups is 2. The van der Waals surface area contributed by atoms with Gasteiger partial charge in [0.1, 0.15) is 5.75 Å². The van der Waals surface area contributed by atoms with E-state index in [0.717, 1.165) is 0 Å². The number of nitrogens with zero attached hydrogens (tertiary/aromatic N) is 1. The normalized spacial score (nSPS) is 15.9. The van der Waals surface area contributed by atoms with Crippen LogP contribution in [-0.4, -0.2) is 11.9 Å². The van der Waals surface area contributed by atoms with Crippen LogP contribution in [0.25, 0.3) is 0 Å². The van der Waals surface area contributed by atoms with E-state index in [2.05, 4.69) is 0 Å². The second-order valence-corrected chi connectivity index (χ2v) is 8.34. The van der Waals surface area contributed by atoms with E-state index in [0.29, 0.717) is 36.9 Å². The summed E-state index contributed by atoms with van der Waals surface area (Å²) in [5.41, 5.74) is 1.14. The fourth-order valence-corrected chi connectivity index (χ4v) is 4.27. The van der Waals surface area contributed by atoms with Crippen molar-refractivity contribution in [3.8, 4) is 5.75 Å². The molecule has 2 heterocycles. The Labute approximate surface area is 180 Å². The smallest absolute Gasteiger partial charge is 0.410 e. The molecule has 1 aliphatic rings. The lowest BCUT2D eigenvalue weighted by atomic mass is 9.96. The lowest BCUT2D eigenvalue weighted by molar-refractivity contribution is 0.0975. The molecule has 1 atom stereocenters. The fraction of sp³-hybridized carbons (Fsp3) is 0.100. The standard InChI is InChI=1S/C20H12Cl3NO3S/c21-11-3-6-18-13(8-11)16(10-17(25)19-2-1-7-28-19)24(20(26)27-18)12-4-5-14(22)15(23)9-12/h1-9,16H,10H2. The maximum atomic E-state index is 12.8. The maximum Gasteiger partial charge on any atom is 0.420 e. The van der Waals surface area contributed by atoms with Crippen LogP contribution in [-0.2, 0) is 0 Å². The van der Waals surface area contributed by atoms with Gasteiger partial charge in [0, 0.05) is 22.7 Å². The van der Waals surface area contributed by atoms with Gasteiger partial charge >= 0.3 is 6.09 Å². The molecule has 142 valence electrons. The molecule has 0 saturated heterocycles. The third-order valence-corrected chi connectivity index (χ3v) is 6.28. The molecule has 0 radical (unpaired) electrons. The molecule has 1 amide bonds. The zero-order valence-electron chi connectivity index (χ0n) is 14.2. The highest BCUT2D eigenvalue weighted by Crippen LogP contribution is 2.42. The Morgan fingerprint density at radius 3 is 2.61 bits per heavy atom. The Kier molecular flexibility index (Phi) is 5.34. The molecule has 1 aromatic heterocycles. The van der Waals surface area contributed by atoms with Crippen molar-refractivity contribution >= 4 is 63.7 Å². The fourth-order valence-electron chi connectivity index (χ4n) is 3.12. The number of benzene rings is 2. The minimum absolute atomic E-state index is 0.0726. The van der Waals surface area contributed by atoms with Crippen molar-refractivity contribution in [3.05, 3.63) is 79.4 Å². The van der Waals surface area contributed by atoms with Crippen molar-refractivity contribution in [2.24, 2.45) is 0 Å². The van der Waals surface area contributed by atoms with E-state index in [1.165, 1.54) is 16.2 Å². The first kappa shape index (κ1) is 19.3. The van der Waals surface area contributed by atoms with Crippen molar-refractivity contribution in [1.82, 2.24) is 0 Å². The number of ether oxygens (including phenoxy) is 1. The van der Waals surface area contributed by atoms with E-state index < -0.39 is 12.1 Å². The Balaban J connectivity index is 1.81. The third-order valence-electron chi connectivity index (χ3n) is 4.39. The molecule has 4 nitrogen and oxygen atoms in total. The van der Waals surface area contributed by atoms with E-state index in [1.54, 1.807) is 42.5 Å². The summed E-state index contributed by atoms with van der Waals surface area (Å²) in [6, 6.07) is 12.8. The van der Waals surface area contributed by atoms with Gasteiger partial charge in [-0.3, -0.25) is 9.69 Å². The molecule has 1 unspecified atom stereocenters. The summed E-state index contributed by atoms with van der Waals surface area (Å²) in [6.07, 6.45) is -0.527. The van der Waals surface area contributed by atoms with Crippen LogP contribution in [0.15, 0.2) is 53.9 Å². The first-order valence-corrected chi connectivity index (χ1v) is 10.3. The van der Waals surface area contributed by atoms with Crippen LogP contribution in [0.2, 0.25) is 15.1 Å². The average molecular weight is 453 g/mol. The summed E-state index contributed by atoms with van der Waals surface area (Å²) >= 11 is 19.7. The number of fused-ring (bicyclic) bond motifs is 1. The minimum atomic E-state index is -0.600. The summed E-state index contributed by atoms with van der Waals surface area (Å²) in [5.74, 6) is 0.306. The second kappa shape index (κ2) is 7.76. The van der Waals surface area contributed by atoms with Crippen LogP contribution in [0, 0.1) is 0 Å². The van der Waals surface area contributed by atoms with Crippen LogP contribution >= 0.6 is 46.1 Å². The highest BCUT2D eigenvalue weighted by Gasteiger charge is 2.37. The van der Waals surface area contributed by atoms with Gasteiger partial charge in [-0.2, -0.15) is 0 Å². The SMILES string of the molecule is O=C(CC1c2cc(Cl)ccc2OC(=O)N1c1ccc(Cl)c(Cl)c1)c1cccs1. The number of Topliss-reactive ketones (excluding diaryl/α,β-unsaturated/α-hetero) is 1. The monoisotopic (exact) mass is 451 g/mol. The van der Waals surface area contributed by atoms with E-state index in [-0.39, 0.29) is 12.2 Å². The van der Waals surface area contributed by atoms with Crippen LogP contribution in [0.4, 0.5) is 10.5 Å². The lowest BCUT2D eigenvalue weighted by Crippen LogP contribution is -2.42. The number of amides is 1. The molecular weight excluding hydrogens is 441 g/mol. The number of ketones is 1. The van der Waals surface area contributed by atoms with Crippen molar-refractivity contribution < 1.29 is 14.3 Å². The molecule has 1 aliphatic heterocycles. The number of halogens is 3. The Bertz CT molecular complexity index is 1070. The van der Waals surface area contributed by atoms with Crippen molar-refractivity contribution in [2.75, 3.05) is 4.90 Å². The molecule has 0 bridgehead atoms. The van der Waals surface area contributed by atoms with Gasteiger partial charge < -0.3 is 4.74 Å². The molecule has 0 aliphatic carbocycles. The predicted octanol–water partition coefficient (Wildman–Crippen LogP) is 7.04. The van der Waals surface area contributed by atoms with Crippen LogP contribution in [0.1, 0.15) is 27.7 Å². The van der Waals surface area contributed by atoms with Crippen molar-refractivity contribution in [3.63, 3.8) is 0 Å². The second-order valence-electron chi connectivity index (χ2n) is 6.14. The number of carbonyl (C=O) groups excluding carboxylic acids is 2. The molecule has 0 saturated carbocycles. The van der Waals surface area contributed by atoms with Crippen LogP contribution < -0.4 is 9.64 Å². The van der Waals surface area contributed by atoms with E-state index in [4.69, 9.17) is 39.5 Å². The molecule has 0 N–H and O–H groups in total. The lowest BCUT2D eigenvalue weighted by Gasteiger charge is -2.36. The van der Waals surface area contributed by atoms with Gasteiger partial charge in [-0.1, -0.05) is 40.9 Å². The van der Waals surface area contributed by atoms with E-state index >= 15 is 0 Å². The molecule has 2 aromatic carbocycles. The first-order valence-electron chi connectivity index (χ1n) is 8.26. The van der Waals surface area contributed by atoms with Crippen LogP contribution in [0.5, 0.6) is 5.75 Å². The Hall–Kier alpha value is -2.05. The van der Waals surface area contributed by atoms with Gasteiger partial charge in [-0.05, 0) is 47.8 Å². The quantitative estimate of drug-likeness (QED) is 0.399. The van der Waals surface area contributed by atoms with Gasteiger partial charge in [0.05, 0.1) is 21.0 Å². The van der Waals surface area contributed by atoms with Gasteiger partial charge in [0.25, 0.3) is 0 Å². The predicted molar refractivity (Wildman–Crippen MR) is 112 cm³/mol. The molecule has 8 heteroatoms. The summed E-state index contributed by atoms with van der Waals surface area (Å²) < 4.78 is 5.47. The van der Waals surface area contributed by atoms with Gasteiger partial charge in [0.15, 0.2) is 5.78 Å². The van der Waals surface area contributed by atoms with Crippen molar-refractivity contribution in [1.29, 1.82) is 0 Å². The maximum absolute atomic E-state index is 12.8. The third kappa shape index (κ3) is 3.63. The number of hydrogen-bond donors (Lipinski definition) is 0. The molecular formula is C20H12Cl3NO3S. The minimum Gasteiger partial charge on any atom is -0.410 e. The summed E-state index contributed by atoms with van der Waals surface area (Å²) in [6.45, 7) is 0. The molecule has 4 rings (SSSR count). The summed E-state index contributed by atoms with van der Waals surface area (Å²) in [4.78, 5) is 27.7.